The zero-order chi connectivity index (χ0) is 26.5. The SMILES string of the molecule is COc1cc2[nH]c(C(OC3CCNCC3)c3cccc(N=C(C)N(C)C)c3)nc(=O)c2c(OC)c1OC. The van der Waals surface area contributed by atoms with Gasteiger partial charge in [-0.2, -0.15) is 4.98 Å². The number of fused-ring (bicyclic) bond motifs is 1. The predicted molar refractivity (Wildman–Crippen MR) is 144 cm³/mol. The highest BCUT2D eigenvalue weighted by Crippen LogP contribution is 2.42. The first-order valence-corrected chi connectivity index (χ1v) is 12.3. The number of rotatable bonds is 8. The van der Waals surface area contributed by atoms with Gasteiger partial charge in [-0.25, -0.2) is 4.99 Å². The summed E-state index contributed by atoms with van der Waals surface area (Å²) in [5.41, 5.74) is 1.71. The van der Waals surface area contributed by atoms with Crippen molar-refractivity contribution >= 4 is 22.4 Å². The fraction of sp³-hybridized carbons (Fsp3) is 0.444. The summed E-state index contributed by atoms with van der Waals surface area (Å²) >= 11 is 0. The van der Waals surface area contributed by atoms with Gasteiger partial charge in [0.15, 0.2) is 11.5 Å². The van der Waals surface area contributed by atoms with Gasteiger partial charge in [-0.05, 0) is 50.6 Å². The van der Waals surface area contributed by atoms with Crippen LogP contribution in [0.15, 0.2) is 40.1 Å². The topological polar surface area (TPSA) is 110 Å². The Morgan fingerprint density at radius 3 is 2.46 bits per heavy atom. The first-order valence-electron chi connectivity index (χ1n) is 12.3. The minimum absolute atomic E-state index is 0.0165. The zero-order valence-corrected chi connectivity index (χ0v) is 22.3. The highest BCUT2D eigenvalue weighted by atomic mass is 16.5. The highest BCUT2D eigenvalue weighted by Gasteiger charge is 2.27. The molecule has 1 aliphatic rings. The molecule has 0 aliphatic carbocycles. The van der Waals surface area contributed by atoms with Crippen LogP contribution in [0.1, 0.15) is 37.3 Å². The number of nitrogens with zero attached hydrogens (tertiary/aromatic N) is 3. The zero-order valence-electron chi connectivity index (χ0n) is 22.3. The second kappa shape index (κ2) is 11.6. The minimum Gasteiger partial charge on any atom is -0.493 e. The van der Waals surface area contributed by atoms with Crippen molar-refractivity contribution in [2.75, 3.05) is 48.5 Å². The van der Waals surface area contributed by atoms with Gasteiger partial charge in [-0.15, -0.1) is 0 Å². The second-order valence-electron chi connectivity index (χ2n) is 9.11. The molecule has 0 radical (unpaired) electrons. The number of hydrogen-bond acceptors (Lipinski definition) is 8. The van der Waals surface area contributed by atoms with Crippen molar-refractivity contribution in [1.82, 2.24) is 20.2 Å². The second-order valence-corrected chi connectivity index (χ2v) is 9.11. The molecule has 10 nitrogen and oxygen atoms in total. The van der Waals surface area contributed by atoms with E-state index in [2.05, 4.69) is 15.3 Å². The van der Waals surface area contributed by atoms with E-state index in [1.54, 1.807) is 6.07 Å². The summed E-state index contributed by atoms with van der Waals surface area (Å²) in [5.74, 6) is 2.31. The van der Waals surface area contributed by atoms with Crippen LogP contribution in [0.25, 0.3) is 10.9 Å². The number of benzene rings is 2. The number of methoxy groups -OCH3 is 3. The molecular formula is C27H35N5O5. The van der Waals surface area contributed by atoms with Gasteiger partial charge >= 0.3 is 0 Å². The van der Waals surface area contributed by atoms with Crippen LogP contribution in [0, 0.1) is 0 Å². The van der Waals surface area contributed by atoms with Crippen LogP contribution in [-0.4, -0.2) is 75.3 Å². The molecule has 1 saturated heterocycles. The summed E-state index contributed by atoms with van der Waals surface area (Å²) in [6.07, 6.45) is 1.15. The number of aromatic nitrogens is 2. The monoisotopic (exact) mass is 509 g/mol. The lowest BCUT2D eigenvalue weighted by atomic mass is 10.0. The van der Waals surface area contributed by atoms with E-state index in [-0.39, 0.29) is 17.2 Å². The highest BCUT2D eigenvalue weighted by molar-refractivity contribution is 5.89. The lowest BCUT2D eigenvalue weighted by Crippen LogP contribution is -2.34. The summed E-state index contributed by atoms with van der Waals surface area (Å²) in [7, 11) is 8.42. The average Bonchev–Trinajstić information content (AvgIpc) is 2.91. The number of ether oxygens (including phenoxy) is 4. The molecule has 0 saturated carbocycles. The van der Waals surface area contributed by atoms with Gasteiger partial charge in [-0.3, -0.25) is 4.79 Å². The van der Waals surface area contributed by atoms with Crippen LogP contribution < -0.4 is 25.1 Å². The summed E-state index contributed by atoms with van der Waals surface area (Å²) < 4.78 is 23.1. The van der Waals surface area contributed by atoms with Gasteiger partial charge in [0.1, 0.15) is 23.2 Å². The Kier molecular flexibility index (Phi) is 8.30. The van der Waals surface area contributed by atoms with Crippen LogP contribution in [0.5, 0.6) is 17.2 Å². The molecule has 3 aromatic rings. The largest absolute Gasteiger partial charge is 0.493 e. The minimum atomic E-state index is -0.603. The number of aromatic amines is 1. The molecule has 0 bridgehead atoms. The summed E-state index contributed by atoms with van der Waals surface area (Å²) in [4.78, 5) is 27.8. The molecule has 1 fully saturated rings. The van der Waals surface area contributed by atoms with Crippen LogP contribution in [0.3, 0.4) is 0 Å². The van der Waals surface area contributed by atoms with Crippen molar-refractivity contribution < 1.29 is 18.9 Å². The van der Waals surface area contributed by atoms with Crippen molar-refractivity contribution in [2.24, 2.45) is 4.99 Å². The normalized spacial score (nSPS) is 15.5. The Morgan fingerprint density at radius 2 is 1.81 bits per heavy atom. The number of amidine groups is 1. The van der Waals surface area contributed by atoms with Crippen molar-refractivity contribution in [1.29, 1.82) is 0 Å². The third-order valence-electron chi connectivity index (χ3n) is 6.50. The van der Waals surface area contributed by atoms with Gasteiger partial charge < -0.3 is 34.1 Å². The molecule has 37 heavy (non-hydrogen) atoms. The Bertz CT molecular complexity index is 1330. The Balaban J connectivity index is 1.86. The van der Waals surface area contributed by atoms with E-state index >= 15 is 0 Å². The number of piperidine rings is 1. The number of H-pyrrole nitrogens is 1. The van der Waals surface area contributed by atoms with Gasteiger partial charge in [-0.1, -0.05) is 12.1 Å². The molecule has 2 heterocycles. The molecule has 10 heteroatoms. The Labute approximate surface area is 216 Å². The van der Waals surface area contributed by atoms with E-state index < -0.39 is 11.7 Å². The Hall–Kier alpha value is -3.63. The van der Waals surface area contributed by atoms with Crippen molar-refractivity contribution in [3.05, 3.63) is 52.1 Å². The van der Waals surface area contributed by atoms with Crippen molar-refractivity contribution in [3.8, 4) is 17.2 Å². The number of aliphatic imine (C=N–C) groups is 1. The maximum Gasteiger partial charge on any atom is 0.284 e. The van der Waals surface area contributed by atoms with Crippen LogP contribution >= 0.6 is 0 Å². The maximum absolute atomic E-state index is 13.4. The van der Waals surface area contributed by atoms with Gasteiger partial charge in [0.2, 0.25) is 5.75 Å². The molecule has 2 aromatic carbocycles. The average molecular weight is 510 g/mol. The molecule has 198 valence electrons. The molecular weight excluding hydrogens is 474 g/mol. The molecule has 0 amide bonds. The van der Waals surface area contributed by atoms with E-state index in [4.69, 9.17) is 23.9 Å². The Morgan fingerprint density at radius 1 is 1.08 bits per heavy atom. The van der Waals surface area contributed by atoms with Gasteiger partial charge in [0, 0.05) is 20.2 Å². The fourth-order valence-electron chi connectivity index (χ4n) is 4.39. The smallest absolute Gasteiger partial charge is 0.284 e. The van der Waals surface area contributed by atoms with Crippen molar-refractivity contribution in [2.45, 2.75) is 32.0 Å². The molecule has 1 atom stereocenters. The van der Waals surface area contributed by atoms with Gasteiger partial charge in [0.25, 0.3) is 5.56 Å². The molecule has 1 aliphatic heterocycles. The molecule has 2 N–H and O–H groups in total. The van der Waals surface area contributed by atoms with E-state index in [1.165, 1.54) is 21.3 Å². The molecule has 1 aromatic heterocycles. The van der Waals surface area contributed by atoms with Gasteiger partial charge in [0.05, 0.1) is 38.6 Å². The third kappa shape index (κ3) is 5.70. The lowest BCUT2D eigenvalue weighted by Gasteiger charge is -2.28. The number of nitrogens with one attached hydrogen (secondary N) is 2. The molecule has 0 spiro atoms. The van der Waals surface area contributed by atoms with Crippen LogP contribution in [-0.2, 0) is 4.74 Å². The van der Waals surface area contributed by atoms with Crippen LogP contribution in [0.2, 0.25) is 0 Å². The quantitative estimate of drug-likeness (QED) is 0.351. The summed E-state index contributed by atoms with van der Waals surface area (Å²) in [5, 5.41) is 3.64. The lowest BCUT2D eigenvalue weighted by molar-refractivity contribution is -0.0119. The van der Waals surface area contributed by atoms with Crippen LogP contribution in [0.4, 0.5) is 5.69 Å². The predicted octanol–water partition coefficient (Wildman–Crippen LogP) is 3.42. The van der Waals surface area contributed by atoms with Crippen molar-refractivity contribution in [3.63, 3.8) is 0 Å². The molecule has 1 unspecified atom stereocenters. The summed E-state index contributed by atoms with van der Waals surface area (Å²) in [6.45, 7) is 3.70. The van der Waals surface area contributed by atoms with E-state index in [0.717, 1.165) is 43.0 Å². The van der Waals surface area contributed by atoms with E-state index in [9.17, 15) is 4.79 Å². The first kappa shape index (κ1) is 26.4. The first-order chi connectivity index (χ1) is 17.9. The standard InChI is InChI=1S/C27H35N5O5/c1-16(32(2)3)29-18-9-7-8-17(14-18)23(37-19-10-12-28-13-11-19)26-30-20-15-21(34-4)24(35-5)25(36-6)22(20)27(33)31-26/h7-9,14-15,19,23,28H,10-13H2,1-6H3,(H,30,31,33). The third-order valence-corrected chi connectivity index (χ3v) is 6.50. The maximum atomic E-state index is 13.4. The fourth-order valence-corrected chi connectivity index (χ4v) is 4.39. The molecule has 4 rings (SSSR count). The summed E-state index contributed by atoms with van der Waals surface area (Å²) in [6, 6.07) is 9.53. The number of hydrogen-bond donors (Lipinski definition) is 2. The van der Waals surface area contributed by atoms with E-state index in [0.29, 0.717) is 22.8 Å². The van der Waals surface area contributed by atoms with E-state index in [1.807, 2.05) is 50.2 Å².